The van der Waals surface area contributed by atoms with E-state index in [0.717, 1.165) is 51.4 Å². The molecular formula is C27H36FN7O3. The third-order valence-electron chi connectivity index (χ3n) is 7.65. The van der Waals surface area contributed by atoms with Crippen LogP contribution in [-0.4, -0.2) is 60.9 Å². The van der Waals surface area contributed by atoms with Crippen LogP contribution in [0.2, 0.25) is 0 Å². The van der Waals surface area contributed by atoms with Crippen molar-refractivity contribution in [3.05, 3.63) is 36.3 Å². The van der Waals surface area contributed by atoms with Crippen LogP contribution in [0.25, 0.3) is 11.2 Å². The summed E-state index contributed by atoms with van der Waals surface area (Å²) in [6.45, 7) is 0.532. The number of para-hydroxylation sites is 1. The van der Waals surface area contributed by atoms with Crippen LogP contribution in [0.15, 0.2) is 30.5 Å². The Labute approximate surface area is 221 Å². The zero-order valence-electron chi connectivity index (χ0n) is 21.4. The summed E-state index contributed by atoms with van der Waals surface area (Å²) in [5, 5.41) is 28.3. The van der Waals surface area contributed by atoms with Crippen molar-refractivity contribution in [2.45, 2.75) is 76.0 Å². The molecule has 0 radical (unpaired) electrons. The van der Waals surface area contributed by atoms with E-state index in [4.69, 9.17) is 15.1 Å². The molecule has 2 aliphatic rings. The fraction of sp³-hybridized carbons (Fsp3) is 0.556. The number of aliphatic hydroxyl groups is 2. The first-order valence-electron chi connectivity index (χ1n) is 13.6. The van der Waals surface area contributed by atoms with Crippen molar-refractivity contribution >= 4 is 34.7 Å². The summed E-state index contributed by atoms with van der Waals surface area (Å²) in [7, 11) is 0. The lowest BCUT2D eigenvalue weighted by atomic mass is 9.85. The van der Waals surface area contributed by atoms with Gasteiger partial charge in [0.15, 0.2) is 5.65 Å². The van der Waals surface area contributed by atoms with Crippen LogP contribution >= 0.6 is 0 Å². The molecule has 1 amide bonds. The zero-order chi connectivity index (χ0) is 26.5. The molecule has 0 unspecified atom stereocenters. The van der Waals surface area contributed by atoms with Gasteiger partial charge in [0.25, 0.3) is 0 Å². The predicted molar refractivity (Wildman–Crippen MR) is 143 cm³/mol. The monoisotopic (exact) mass is 525 g/mol. The van der Waals surface area contributed by atoms with Crippen LogP contribution in [0.5, 0.6) is 0 Å². The predicted octanol–water partition coefficient (Wildman–Crippen LogP) is 3.65. The summed E-state index contributed by atoms with van der Waals surface area (Å²) in [5.41, 5.74) is 1.60. The minimum absolute atomic E-state index is 0.0309. The molecule has 10 nitrogen and oxygen atoms in total. The molecule has 2 saturated carbocycles. The molecular weight excluding hydrogens is 489 g/mol. The number of amides is 1. The van der Waals surface area contributed by atoms with Crippen molar-refractivity contribution in [1.29, 1.82) is 0 Å². The number of benzene rings is 1. The molecule has 0 aliphatic heterocycles. The standard InChI is InChI=1S/C27H36FN7O3/c28-21-4-1-2-5-22(21)32-27-33-23-16-30-26(31-18-8-12-20(37)13-9-18)34-24(23)35(27)19-10-6-17(7-11-19)25(38)29-14-3-15-36/h1-2,4-5,16-20,36-37H,3,6-15H2,(H,29,38)(H,32,33)(H,30,31,34). The van der Waals surface area contributed by atoms with Crippen LogP contribution in [0.3, 0.4) is 0 Å². The highest BCUT2D eigenvalue weighted by Gasteiger charge is 2.30. The maximum Gasteiger partial charge on any atom is 0.224 e. The van der Waals surface area contributed by atoms with Gasteiger partial charge in [0, 0.05) is 31.2 Å². The minimum Gasteiger partial charge on any atom is -0.396 e. The lowest BCUT2D eigenvalue weighted by Crippen LogP contribution is -2.34. The molecule has 2 aromatic heterocycles. The fourth-order valence-electron chi connectivity index (χ4n) is 5.51. The Morgan fingerprint density at radius 2 is 1.82 bits per heavy atom. The molecule has 2 fully saturated rings. The van der Waals surface area contributed by atoms with Gasteiger partial charge in [-0.1, -0.05) is 12.1 Å². The summed E-state index contributed by atoms with van der Waals surface area (Å²) in [6.07, 6.45) is 8.15. The van der Waals surface area contributed by atoms with E-state index in [1.165, 1.54) is 6.07 Å². The summed E-state index contributed by atoms with van der Waals surface area (Å²) >= 11 is 0. The quantitative estimate of drug-likeness (QED) is 0.267. The number of rotatable bonds is 9. The second kappa shape index (κ2) is 12.0. The van der Waals surface area contributed by atoms with Gasteiger partial charge in [-0.25, -0.2) is 14.4 Å². The van der Waals surface area contributed by atoms with Gasteiger partial charge in [-0.05, 0) is 69.9 Å². The highest BCUT2D eigenvalue weighted by Crippen LogP contribution is 2.37. The van der Waals surface area contributed by atoms with Crippen LogP contribution in [-0.2, 0) is 4.79 Å². The first-order chi connectivity index (χ1) is 18.5. The number of nitrogens with zero attached hydrogens (tertiary/aromatic N) is 4. The molecule has 0 saturated heterocycles. The molecule has 1 aromatic carbocycles. The maximum absolute atomic E-state index is 14.5. The van der Waals surface area contributed by atoms with E-state index in [-0.39, 0.29) is 42.4 Å². The summed E-state index contributed by atoms with van der Waals surface area (Å²) in [6, 6.07) is 6.71. The van der Waals surface area contributed by atoms with Gasteiger partial charge >= 0.3 is 0 Å². The molecule has 0 bridgehead atoms. The molecule has 38 heavy (non-hydrogen) atoms. The molecule has 2 heterocycles. The average molecular weight is 526 g/mol. The second-order valence-electron chi connectivity index (χ2n) is 10.3. The third kappa shape index (κ3) is 6.05. The number of hydrogen-bond acceptors (Lipinski definition) is 8. The summed E-state index contributed by atoms with van der Waals surface area (Å²) < 4.78 is 16.5. The molecule has 2 aliphatic carbocycles. The van der Waals surface area contributed by atoms with E-state index in [9.17, 15) is 14.3 Å². The van der Waals surface area contributed by atoms with Crippen molar-refractivity contribution < 1.29 is 19.4 Å². The van der Waals surface area contributed by atoms with Crippen LogP contribution < -0.4 is 16.0 Å². The number of halogens is 1. The van der Waals surface area contributed by atoms with Gasteiger partial charge in [0.2, 0.25) is 17.8 Å². The number of fused-ring (bicyclic) bond motifs is 1. The normalized spacial score (nSPS) is 23.8. The van der Waals surface area contributed by atoms with E-state index in [1.807, 2.05) is 4.57 Å². The molecule has 204 valence electrons. The van der Waals surface area contributed by atoms with Crippen LogP contribution in [0, 0.1) is 11.7 Å². The van der Waals surface area contributed by atoms with Gasteiger partial charge < -0.3 is 26.2 Å². The highest BCUT2D eigenvalue weighted by atomic mass is 19.1. The number of hydrogen-bond donors (Lipinski definition) is 5. The number of aromatic nitrogens is 4. The van der Waals surface area contributed by atoms with Crippen molar-refractivity contribution in [2.24, 2.45) is 5.92 Å². The second-order valence-corrected chi connectivity index (χ2v) is 10.3. The molecule has 0 atom stereocenters. The number of nitrogens with one attached hydrogen (secondary N) is 3. The zero-order valence-corrected chi connectivity index (χ0v) is 21.4. The Morgan fingerprint density at radius 1 is 1.05 bits per heavy atom. The van der Waals surface area contributed by atoms with E-state index in [2.05, 4.69) is 20.9 Å². The highest BCUT2D eigenvalue weighted by molar-refractivity contribution is 5.79. The van der Waals surface area contributed by atoms with Crippen molar-refractivity contribution in [2.75, 3.05) is 23.8 Å². The van der Waals surface area contributed by atoms with Crippen molar-refractivity contribution in [3.8, 4) is 0 Å². The Morgan fingerprint density at radius 3 is 2.55 bits per heavy atom. The topological polar surface area (TPSA) is 137 Å². The lowest BCUT2D eigenvalue weighted by molar-refractivity contribution is -0.126. The first-order valence-corrected chi connectivity index (χ1v) is 13.6. The Kier molecular flexibility index (Phi) is 8.33. The van der Waals surface area contributed by atoms with Gasteiger partial charge in [0.05, 0.1) is 18.0 Å². The molecule has 11 heteroatoms. The minimum atomic E-state index is -0.373. The van der Waals surface area contributed by atoms with Crippen LogP contribution in [0.4, 0.5) is 22.0 Å². The van der Waals surface area contributed by atoms with E-state index in [0.29, 0.717) is 41.7 Å². The SMILES string of the molecule is O=C(NCCCO)C1CCC(n2c(Nc3ccccc3F)nc3cnc(NC4CCC(O)CC4)nc32)CC1. The van der Waals surface area contributed by atoms with E-state index in [1.54, 1.807) is 24.4 Å². The van der Waals surface area contributed by atoms with Gasteiger partial charge in [0.1, 0.15) is 11.3 Å². The van der Waals surface area contributed by atoms with Crippen LogP contribution in [0.1, 0.15) is 63.8 Å². The number of carbonyl (C=O) groups is 1. The molecule has 0 spiro atoms. The van der Waals surface area contributed by atoms with Gasteiger partial charge in [-0.2, -0.15) is 4.98 Å². The van der Waals surface area contributed by atoms with Crippen molar-refractivity contribution in [3.63, 3.8) is 0 Å². The Hall–Kier alpha value is -3.31. The average Bonchev–Trinajstić information content (AvgIpc) is 3.28. The molecule has 5 rings (SSSR count). The summed E-state index contributed by atoms with van der Waals surface area (Å²) in [4.78, 5) is 26.6. The largest absolute Gasteiger partial charge is 0.396 e. The first kappa shape index (κ1) is 26.3. The maximum atomic E-state index is 14.5. The number of aliphatic hydroxyl groups excluding tert-OH is 2. The number of imidazole rings is 1. The third-order valence-corrected chi connectivity index (χ3v) is 7.65. The Balaban J connectivity index is 1.39. The molecule has 5 N–H and O–H groups in total. The van der Waals surface area contributed by atoms with Gasteiger partial charge in [-0.15, -0.1) is 0 Å². The number of carbonyl (C=O) groups excluding carboxylic acids is 1. The molecule has 3 aromatic rings. The van der Waals surface area contributed by atoms with Crippen molar-refractivity contribution in [1.82, 2.24) is 24.8 Å². The van der Waals surface area contributed by atoms with Gasteiger partial charge in [-0.3, -0.25) is 9.36 Å². The van der Waals surface area contributed by atoms with E-state index >= 15 is 0 Å². The summed E-state index contributed by atoms with van der Waals surface area (Å²) in [5.74, 6) is 0.588. The fourth-order valence-corrected chi connectivity index (χ4v) is 5.51. The van der Waals surface area contributed by atoms with E-state index < -0.39 is 0 Å². The lowest BCUT2D eigenvalue weighted by Gasteiger charge is -2.30. The smallest absolute Gasteiger partial charge is 0.224 e. The Bertz CT molecular complexity index is 1240. The number of anilines is 3.